The molecule has 1 N–H and O–H groups in total. The molecule has 0 aromatic heterocycles. The summed E-state index contributed by atoms with van der Waals surface area (Å²) in [5.74, 6) is 0.0113. The minimum atomic E-state index is 0.0113. The summed E-state index contributed by atoms with van der Waals surface area (Å²) in [7, 11) is 1.59. The summed E-state index contributed by atoms with van der Waals surface area (Å²) in [6, 6.07) is 10.5. The molecular weight excluding hydrogens is 190 g/mol. The number of carbonyl (C=O) groups excluding carboxylic acids is 1. The van der Waals surface area contributed by atoms with Crippen LogP contribution in [0.1, 0.15) is 24.9 Å². The quantitative estimate of drug-likeness (QED) is 0.796. The van der Waals surface area contributed by atoms with Crippen LogP contribution in [-0.2, 0) is 9.53 Å². The molecule has 1 radical (unpaired) electrons. The van der Waals surface area contributed by atoms with Crippen LogP contribution >= 0.6 is 0 Å². The molecule has 1 amide bonds. The van der Waals surface area contributed by atoms with Crippen molar-refractivity contribution in [1.82, 2.24) is 5.32 Å². The van der Waals surface area contributed by atoms with Crippen molar-refractivity contribution in [3.8, 4) is 0 Å². The standard InChI is InChI=1S/C12H16NO2/c1-10(11-6-4-3-5-7-11)13-12(14)8-9-15-2/h4-7,10H,8-9H2,1-2H3,(H,13,14)/t10-/m1/s1. The minimum Gasteiger partial charge on any atom is -0.384 e. The predicted octanol–water partition coefficient (Wildman–Crippen LogP) is 1.70. The van der Waals surface area contributed by atoms with Crippen LogP contribution in [0.2, 0.25) is 0 Å². The summed E-state index contributed by atoms with van der Waals surface area (Å²) in [6.07, 6.45) is 0.403. The molecule has 81 valence electrons. The zero-order valence-corrected chi connectivity index (χ0v) is 9.12. The number of carbonyl (C=O) groups is 1. The van der Waals surface area contributed by atoms with Gasteiger partial charge in [0.2, 0.25) is 5.91 Å². The van der Waals surface area contributed by atoms with Crippen molar-refractivity contribution in [2.75, 3.05) is 13.7 Å². The molecule has 1 rings (SSSR count). The Labute approximate surface area is 90.4 Å². The molecule has 1 aromatic carbocycles. The first kappa shape index (κ1) is 11.7. The minimum absolute atomic E-state index is 0.0113. The topological polar surface area (TPSA) is 38.3 Å². The van der Waals surface area contributed by atoms with Gasteiger partial charge in [0.25, 0.3) is 0 Å². The third-order valence-electron chi connectivity index (χ3n) is 2.15. The van der Waals surface area contributed by atoms with Crippen LogP contribution in [-0.4, -0.2) is 19.6 Å². The fourth-order valence-corrected chi connectivity index (χ4v) is 1.28. The number of benzene rings is 1. The number of nitrogens with one attached hydrogen (secondary N) is 1. The Bertz CT molecular complexity index is 298. The van der Waals surface area contributed by atoms with Gasteiger partial charge in [-0.25, -0.2) is 0 Å². The molecule has 0 unspecified atom stereocenters. The van der Waals surface area contributed by atoms with Crippen LogP contribution in [0.3, 0.4) is 0 Å². The number of hydrogen-bond acceptors (Lipinski definition) is 2. The molecule has 0 bridgehead atoms. The van der Waals surface area contributed by atoms with E-state index in [0.717, 1.165) is 5.56 Å². The molecule has 3 heteroatoms. The molecule has 0 spiro atoms. The van der Waals surface area contributed by atoms with E-state index in [1.165, 1.54) is 0 Å². The van der Waals surface area contributed by atoms with Gasteiger partial charge in [-0.05, 0) is 18.6 Å². The maximum Gasteiger partial charge on any atom is 0.222 e. The Hall–Kier alpha value is -1.35. The molecule has 15 heavy (non-hydrogen) atoms. The van der Waals surface area contributed by atoms with Crippen molar-refractivity contribution >= 4 is 5.91 Å². The van der Waals surface area contributed by atoms with Crippen LogP contribution in [0.4, 0.5) is 0 Å². The van der Waals surface area contributed by atoms with Crippen molar-refractivity contribution < 1.29 is 9.53 Å². The van der Waals surface area contributed by atoms with Crippen LogP contribution in [0.5, 0.6) is 0 Å². The molecule has 0 saturated carbocycles. The van der Waals surface area contributed by atoms with Crippen molar-refractivity contribution in [2.45, 2.75) is 19.4 Å². The zero-order chi connectivity index (χ0) is 11.1. The summed E-state index contributed by atoms with van der Waals surface area (Å²) >= 11 is 0. The second kappa shape index (κ2) is 6.19. The highest BCUT2D eigenvalue weighted by Crippen LogP contribution is 2.10. The highest BCUT2D eigenvalue weighted by molar-refractivity contribution is 5.76. The largest absolute Gasteiger partial charge is 0.384 e. The van der Waals surface area contributed by atoms with Gasteiger partial charge < -0.3 is 10.1 Å². The van der Waals surface area contributed by atoms with Crippen LogP contribution < -0.4 is 5.32 Å². The summed E-state index contributed by atoms with van der Waals surface area (Å²) in [4.78, 5) is 11.4. The van der Waals surface area contributed by atoms with Gasteiger partial charge in [-0.2, -0.15) is 0 Å². The van der Waals surface area contributed by atoms with E-state index in [4.69, 9.17) is 4.74 Å². The average molecular weight is 206 g/mol. The lowest BCUT2D eigenvalue weighted by atomic mass is 10.1. The SMILES string of the molecule is COCCC(=O)N[C@H](C)c1cc[c]cc1. The second-order valence-corrected chi connectivity index (χ2v) is 3.37. The molecule has 0 aliphatic carbocycles. The van der Waals surface area contributed by atoms with E-state index >= 15 is 0 Å². The molecule has 3 nitrogen and oxygen atoms in total. The highest BCUT2D eigenvalue weighted by atomic mass is 16.5. The molecule has 0 saturated heterocycles. The molecular formula is C12H16NO2. The number of hydrogen-bond donors (Lipinski definition) is 1. The van der Waals surface area contributed by atoms with Crippen molar-refractivity contribution in [1.29, 1.82) is 0 Å². The van der Waals surface area contributed by atoms with Crippen molar-refractivity contribution in [2.24, 2.45) is 0 Å². The van der Waals surface area contributed by atoms with Gasteiger partial charge in [-0.1, -0.05) is 24.3 Å². The van der Waals surface area contributed by atoms with Crippen molar-refractivity contribution in [3.63, 3.8) is 0 Å². The van der Waals surface area contributed by atoms with Gasteiger partial charge in [-0.3, -0.25) is 4.79 Å². The summed E-state index contributed by atoms with van der Waals surface area (Å²) in [5, 5.41) is 2.90. The van der Waals surface area contributed by atoms with Crippen LogP contribution in [0.25, 0.3) is 0 Å². The lowest BCUT2D eigenvalue weighted by molar-refractivity contribution is -0.122. The smallest absolute Gasteiger partial charge is 0.222 e. The third kappa shape index (κ3) is 4.13. The van der Waals surface area contributed by atoms with E-state index in [0.29, 0.717) is 13.0 Å². The number of amides is 1. The van der Waals surface area contributed by atoms with Gasteiger partial charge >= 0.3 is 0 Å². The maximum absolute atomic E-state index is 11.4. The molecule has 0 aliphatic rings. The van der Waals surface area contributed by atoms with Gasteiger partial charge in [-0.15, -0.1) is 0 Å². The summed E-state index contributed by atoms with van der Waals surface area (Å²) in [5.41, 5.74) is 1.08. The van der Waals surface area contributed by atoms with E-state index in [2.05, 4.69) is 11.4 Å². The molecule has 0 heterocycles. The predicted molar refractivity (Wildman–Crippen MR) is 58.3 cm³/mol. The summed E-state index contributed by atoms with van der Waals surface area (Å²) < 4.78 is 4.83. The summed E-state index contributed by atoms with van der Waals surface area (Å²) in [6.45, 7) is 2.42. The normalized spacial score (nSPS) is 12.1. The zero-order valence-electron chi connectivity index (χ0n) is 9.12. The van der Waals surface area contributed by atoms with Crippen molar-refractivity contribution in [3.05, 3.63) is 35.9 Å². The Morgan fingerprint density at radius 1 is 1.53 bits per heavy atom. The number of rotatable bonds is 5. The highest BCUT2D eigenvalue weighted by Gasteiger charge is 2.08. The number of methoxy groups -OCH3 is 1. The fourth-order valence-electron chi connectivity index (χ4n) is 1.28. The van der Waals surface area contributed by atoms with E-state index in [9.17, 15) is 4.79 Å². The lowest BCUT2D eigenvalue weighted by Crippen LogP contribution is -2.27. The van der Waals surface area contributed by atoms with E-state index in [-0.39, 0.29) is 11.9 Å². The van der Waals surface area contributed by atoms with Gasteiger partial charge in [0, 0.05) is 13.5 Å². The Kier molecular flexibility index (Phi) is 4.84. The lowest BCUT2D eigenvalue weighted by Gasteiger charge is -2.13. The molecule has 1 aromatic rings. The molecule has 0 aliphatic heterocycles. The molecule has 1 atom stereocenters. The average Bonchev–Trinajstić information content (AvgIpc) is 2.27. The van der Waals surface area contributed by atoms with E-state index < -0.39 is 0 Å². The first-order valence-corrected chi connectivity index (χ1v) is 4.98. The Morgan fingerprint density at radius 3 is 2.80 bits per heavy atom. The van der Waals surface area contributed by atoms with Gasteiger partial charge in [0.05, 0.1) is 12.6 Å². The first-order valence-electron chi connectivity index (χ1n) is 4.98. The Morgan fingerprint density at radius 2 is 2.20 bits per heavy atom. The van der Waals surface area contributed by atoms with E-state index in [1.54, 1.807) is 7.11 Å². The third-order valence-corrected chi connectivity index (χ3v) is 2.15. The van der Waals surface area contributed by atoms with Gasteiger partial charge in [0.1, 0.15) is 0 Å². The monoisotopic (exact) mass is 206 g/mol. The number of ether oxygens (including phenoxy) is 1. The Balaban J connectivity index is 2.42. The van der Waals surface area contributed by atoms with E-state index in [1.807, 2.05) is 31.2 Å². The second-order valence-electron chi connectivity index (χ2n) is 3.37. The van der Waals surface area contributed by atoms with Crippen LogP contribution in [0.15, 0.2) is 24.3 Å². The van der Waals surface area contributed by atoms with Crippen LogP contribution in [0, 0.1) is 6.07 Å². The van der Waals surface area contributed by atoms with Gasteiger partial charge in [0.15, 0.2) is 0 Å². The fraction of sp³-hybridized carbons (Fsp3) is 0.417. The molecule has 0 fully saturated rings. The first-order chi connectivity index (χ1) is 7.24. The maximum atomic E-state index is 11.4.